The number of hydrogen-bond donors (Lipinski definition) is 3. The van der Waals surface area contributed by atoms with Gasteiger partial charge in [-0.25, -0.2) is 4.79 Å². The minimum Gasteiger partial charge on any atom is -0.493 e. The molecule has 10 heteroatoms. The van der Waals surface area contributed by atoms with Gasteiger partial charge in [0.15, 0.2) is 6.61 Å². The third-order valence-corrected chi connectivity index (χ3v) is 2.55. The number of H-pyrrole nitrogens is 2. The zero-order valence-electron chi connectivity index (χ0n) is 10.9. The van der Waals surface area contributed by atoms with Crippen LogP contribution in [0, 0.1) is 0 Å². The van der Waals surface area contributed by atoms with Gasteiger partial charge in [-0.05, 0) is 18.2 Å². The average Bonchev–Trinajstić information content (AvgIpc) is 2.44. The van der Waals surface area contributed by atoms with Crippen LogP contribution in [-0.2, 0) is 4.79 Å². The first-order valence-corrected chi connectivity index (χ1v) is 6.22. The van der Waals surface area contributed by atoms with Crippen LogP contribution in [-0.4, -0.2) is 27.6 Å². The molecule has 9 nitrogen and oxygen atoms in total. The minimum absolute atomic E-state index is 0.362. The molecule has 0 atom stereocenters. The van der Waals surface area contributed by atoms with Gasteiger partial charge >= 0.3 is 11.6 Å². The van der Waals surface area contributed by atoms with Crippen molar-refractivity contribution >= 4 is 23.2 Å². The molecule has 1 aromatic carbocycles. The summed E-state index contributed by atoms with van der Waals surface area (Å²) in [6, 6.07) is 6.38. The van der Waals surface area contributed by atoms with E-state index in [-0.39, 0.29) is 0 Å². The number of nitrogens with one attached hydrogen (secondary N) is 2. The van der Waals surface area contributed by atoms with Gasteiger partial charge in [-0.2, -0.15) is 0 Å². The minimum atomic E-state index is -0.978. The predicted octanol–water partition coefficient (Wildman–Crippen LogP) is 1.11. The van der Waals surface area contributed by atoms with Gasteiger partial charge in [-0.3, -0.25) is 19.6 Å². The molecule has 0 unspecified atom stereocenters. The van der Waals surface area contributed by atoms with Crippen molar-refractivity contribution in [3.63, 3.8) is 0 Å². The fourth-order valence-corrected chi connectivity index (χ4v) is 1.58. The first-order valence-electron chi connectivity index (χ1n) is 5.84. The van der Waals surface area contributed by atoms with E-state index in [4.69, 9.17) is 16.3 Å². The maximum atomic E-state index is 11.5. The van der Waals surface area contributed by atoms with Gasteiger partial charge in [-0.1, -0.05) is 17.7 Å². The lowest BCUT2D eigenvalue weighted by molar-refractivity contribution is -0.120. The van der Waals surface area contributed by atoms with Crippen LogP contribution in [0.4, 0.5) is 5.69 Å². The molecule has 2 aromatic rings. The van der Waals surface area contributed by atoms with Crippen molar-refractivity contribution in [1.29, 1.82) is 0 Å². The summed E-state index contributed by atoms with van der Waals surface area (Å²) < 4.78 is 5.12. The lowest BCUT2D eigenvalue weighted by Gasteiger charge is -2.02. The van der Waals surface area contributed by atoms with Crippen LogP contribution in [0.5, 0.6) is 11.6 Å². The number of hydrogen-bond acceptors (Lipinski definition) is 6. The standard InChI is InChI=1S/C12H9ClN4O5/c13-6-2-1-3-7(4-6)22-5-8(18)16-17-9-10(19)14-12(21)15-11(9)20/h1-4H,5H2,(H3,14,15,19,20,21). The van der Waals surface area contributed by atoms with Crippen LogP contribution >= 0.6 is 11.6 Å². The molecule has 1 amide bonds. The van der Waals surface area contributed by atoms with Crippen LogP contribution in [0.15, 0.2) is 44.1 Å². The topological polar surface area (TPSA) is 137 Å². The summed E-state index contributed by atoms with van der Waals surface area (Å²) in [4.78, 5) is 37.4. The summed E-state index contributed by atoms with van der Waals surface area (Å²) in [6.45, 7) is -0.439. The Bertz CT molecular complexity index is 842. The summed E-state index contributed by atoms with van der Waals surface area (Å²) in [5.41, 5.74) is -2.47. The zero-order valence-corrected chi connectivity index (χ0v) is 11.6. The highest BCUT2D eigenvalue weighted by atomic mass is 35.5. The van der Waals surface area contributed by atoms with Gasteiger partial charge < -0.3 is 9.84 Å². The van der Waals surface area contributed by atoms with E-state index in [1.54, 1.807) is 18.2 Å². The van der Waals surface area contributed by atoms with E-state index in [0.717, 1.165) is 0 Å². The number of aromatic amines is 2. The molecule has 0 spiro atoms. The fraction of sp³-hybridized carbons (Fsp3) is 0.0833. The molecule has 0 aliphatic rings. The number of carbonyl (C=O) groups excluding carboxylic acids is 1. The molecule has 0 aliphatic heterocycles. The van der Waals surface area contributed by atoms with Crippen molar-refractivity contribution in [1.82, 2.24) is 9.97 Å². The van der Waals surface area contributed by atoms with Crippen LogP contribution in [0.2, 0.25) is 5.02 Å². The lowest BCUT2D eigenvalue weighted by atomic mass is 10.3. The molecule has 1 aromatic heterocycles. The summed E-state index contributed by atoms with van der Waals surface area (Å²) in [5.74, 6) is -1.23. The molecule has 22 heavy (non-hydrogen) atoms. The van der Waals surface area contributed by atoms with Crippen LogP contribution < -0.4 is 16.0 Å². The molecule has 0 aliphatic carbocycles. The molecule has 2 rings (SSSR count). The summed E-state index contributed by atoms with van der Waals surface area (Å²) in [7, 11) is 0. The fourth-order valence-electron chi connectivity index (χ4n) is 1.40. The number of benzene rings is 1. The number of rotatable bonds is 4. The molecular formula is C12H9ClN4O5. The number of azo groups is 1. The van der Waals surface area contributed by atoms with Gasteiger partial charge in [0.2, 0.25) is 11.6 Å². The molecule has 3 N–H and O–H groups in total. The van der Waals surface area contributed by atoms with Crippen molar-refractivity contribution in [3.8, 4) is 11.6 Å². The van der Waals surface area contributed by atoms with E-state index in [0.29, 0.717) is 10.8 Å². The third-order valence-electron chi connectivity index (χ3n) is 2.32. The number of ether oxygens (including phenoxy) is 1. The second-order valence-electron chi connectivity index (χ2n) is 3.95. The Balaban J connectivity index is 2.03. The smallest absolute Gasteiger partial charge is 0.328 e. The van der Waals surface area contributed by atoms with Gasteiger partial charge in [0.05, 0.1) is 0 Å². The van der Waals surface area contributed by atoms with Crippen LogP contribution in [0.1, 0.15) is 0 Å². The second-order valence-corrected chi connectivity index (χ2v) is 4.38. The van der Waals surface area contributed by atoms with Gasteiger partial charge in [0, 0.05) is 5.02 Å². The number of halogens is 1. The van der Waals surface area contributed by atoms with Gasteiger partial charge in [-0.15, -0.1) is 10.2 Å². The van der Waals surface area contributed by atoms with Crippen molar-refractivity contribution in [2.75, 3.05) is 6.61 Å². The first kappa shape index (κ1) is 15.4. The van der Waals surface area contributed by atoms with Crippen molar-refractivity contribution in [2.45, 2.75) is 0 Å². The first-order chi connectivity index (χ1) is 10.5. The Morgan fingerprint density at radius 2 is 2.09 bits per heavy atom. The average molecular weight is 325 g/mol. The monoisotopic (exact) mass is 324 g/mol. The Morgan fingerprint density at radius 3 is 2.77 bits per heavy atom. The molecule has 1 heterocycles. The highest BCUT2D eigenvalue weighted by molar-refractivity contribution is 6.30. The largest absolute Gasteiger partial charge is 0.493 e. The van der Waals surface area contributed by atoms with Gasteiger partial charge in [0.25, 0.3) is 5.56 Å². The Kier molecular flexibility index (Phi) is 4.69. The Morgan fingerprint density at radius 1 is 1.32 bits per heavy atom. The van der Waals surface area contributed by atoms with E-state index >= 15 is 0 Å². The summed E-state index contributed by atoms with van der Waals surface area (Å²) in [6.07, 6.45) is 0. The lowest BCUT2D eigenvalue weighted by Crippen LogP contribution is -2.21. The van der Waals surface area contributed by atoms with E-state index in [2.05, 4.69) is 10.2 Å². The Hall–Kier alpha value is -2.94. The van der Waals surface area contributed by atoms with Crippen molar-refractivity contribution < 1.29 is 14.6 Å². The number of aromatic nitrogens is 2. The van der Waals surface area contributed by atoms with Crippen LogP contribution in [0.3, 0.4) is 0 Å². The predicted molar refractivity (Wildman–Crippen MR) is 75.8 cm³/mol. The molecule has 0 saturated carbocycles. The molecule has 0 bridgehead atoms. The van der Waals surface area contributed by atoms with E-state index in [9.17, 15) is 19.5 Å². The zero-order chi connectivity index (χ0) is 16.1. The molecule has 0 radical (unpaired) electrons. The number of aromatic hydroxyl groups is 1. The summed E-state index contributed by atoms with van der Waals surface area (Å²) >= 11 is 5.75. The second kappa shape index (κ2) is 6.68. The molecule has 0 saturated heterocycles. The van der Waals surface area contributed by atoms with Gasteiger partial charge in [0.1, 0.15) is 5.75 Å². The van der Waals surface area contributed by atoms with E-state index in [1.807, 2.05) is 9.97 Å². The normalized spacial score (nSPS) is 10.8. The number of nitrogens with zero attached hydrogens (tertiary/aromatic N) is 2. The molecule has 114 valence electrons. The highest BCUT2D eigenvalue weighted by Gasteiger charge is 2.08. The van der Waals surface area contributed by atoms with E-state index < -0.39 is 35.3 Å². The number of carbonyl (C=O) groups is 1. The van der Waals surface area contributed by atoms with Crippen molar-refractivity contribution in [2.24, 2.45) is 10.2 Å². The Labute approximate surface area is 127 Å². The molecular weight excluding hydrogens is 316 g/mol. The highest BCUT2D eigenvalue weighted by Crippen LogP contribution is 2.18. The van der Waals surface area contributed by atoms with Crippen molar-refractivity contribution in [3.05, 3.63) is 50.1 Å². The SMILES string of the molecule is O=C(COc1cccc(Cl)c1)N=Nc1c(O)[nH]c(=O)[nH]c1=O. The van der Waals surface area contributed by atoms with E-state index in [1.165, 1.54) is 6.07 Å². The maximum Gasteiger partial charge on any atom is 0.328 e. The number of amides is 1. The maximum absolute atomic E-state index is 11.5. The van der Waals surface area contributed by atoms with Crippen LogP contribution in [0.25, 0.3) is 0 Å². The third kappa shape index (κ3) is 4.03. The molecule has 0 fully saturated rings. The quantitative estimate of drug-likeness (QED) is 0.723. The summed E-state index contributed by atoms with van der Waals surface area (Å²) in [5, 5.41) is 16.3.